The third-order valence-corrected chi connectivity index (χ3v) is 3.25. The van der Waals surface area contributed by atoms with Crippen molar-refractivity contribution >= 4 is 28.2 Å². The van der Waals surface area contributed by atoms with E-state index in [4.69, 9.17) is 0 Å². The van der Waals surface area contributed by atoms with Gasteiger partial charge in [0.25, 0.3) is 11.8 Å². The summed E-state index contributed by atoms with van der Waals surface area (Å²) in [6, 6.07) is 3.28. The first-order chi connectivity index (χ1) is 8.63. The van der Waals surface area contributed by atoms with Crippen molar-refractivity contribution in [1.29, 1.82) is 0 Å². The molecule has 0 aliphatic carbocycles. The summed E-state index contributed by atoms with van der Waals surface area (Å²) in [5.74, 6) is -0.515. The highest BCUT2D eigenvalue weighted by Gasteiger charge is 2.16. The van der Waals surface area contributed by atoms with Crippen LogP contribution < -0.4 is 10.6 Å². The summed E-state index contributed by atoms with van der Waals surface area (Å²) in [6.07, 6.45) is 1.54. The van der Waals surface area contributed by atoms with Crippen LogP contribution in [0.2, 0.25) is 0 Å². The Hall–Kier alpha value is -2.15. The highest BCUT2D eigenvalue weighted by atomic mass is 32.1. The third kappa shape index (κ3) is 2.25. The van der Waals surface area contributed by atoms with Crippen molar-refractivity contribution in [3.8, 4) is 0 Å². The minimum atomic E-state index is -0.289. The van der Waals surface area contributed by atoms with Gasteiger partial charge in [0.15, 0.2) is 0 Å². The van der Waals surface area contributed by atoms with E-state index >= 15 is 0 Å². The maximum atomic E-state index is 12.0. The number of carbonyl (C=O) groups excluding carboxylic acids is 2. The van der Waals surface area contributed by atoms with Gasteiger partial charge in [-0.05, 0) is 17.5 Å². The Bertz CT molecular complexity index is 587. The van der Waals surface area contributed by atoms with Gasteiger partial charge in [-0.25, -0.2) is 0 Å². The molecule has 0 saturated carbocycles. The van der Waals surface area contributed by atoms with Crippen LogP contribution in [0.5, 0.6) is 0 Å². The van der Waals surface area contributed by atoms with Crippen LogP contribution in [-0.4, -0.2) is 28.6 Å². The number of carbonyl (C=O) groups is 2. The first kappa shape index (κ1) is 12.3. The van der Waals surface area contributed by atoms with Crippen molar-refractivity contribution in [1.82, 2.24) is 15.1 Å². The number of aromatic nitrogens is 2. The van der Waals surface area contributed by atoms with Crippen LogP contribution in [0.25, 0.3) is 0 Å². The van der Waals surface area contributed by atoms with Crippen LogP contribution in [0, 0.1) is 0 Å². The first-order valence-corrected chi connectivity index (χ1v) is 6.10. The van der Waals surface area contributed by atoms with Crippen LogP contribution in [0.1, 0.15) is 20.8 Å². The molecule has 0 radical (unpaired) electrons. The zero-order valence-corrected chi connectivity index (χ0v) is 10.7. The molecular formula is C11H12N4O2S. The van der Waals surface area contributed by atoms with Gasteiger partial charge in [0, 0.05) is 20.3 Å². The average molecular weight is 264 g/mol. The molecule has 0 bridgehead atoms. The maximum Gasteiger partial charge on any atom is 0.274 e. The minimum Gasteiger partial charge on any atom is -0.355 e. The van der Waals surface area contributed by atoms with Gasteiger partial charge in [0.2, 0.25) is 0 Å². The maximum absolute atomic E-state index is 12.0. The molecule has 18 heavy (non-hydrogen) atoms. The largest absolute Gasteiger partial charge is 0.355 e. The number of nitrogens with zero attached hydrogens (tertiary/aromatic N) is 2. The number of nitrogens with one attached hydrogen (secondary N) is 2. The Morgan fingerprint density at radius 3 is 2.72 bits per heavy atom. The van der Waals surface area contributed by atoms with Crippen LogP contribution in [0.15, 0.2) is 23.7 Å². The molecule has 0 unspecified atom stereocenters. The van der Waals surface area contributed by atoms with Gasteiger partial charge >= 0.3 is 0 Å². The highest BCUT2D eigenvalue weighted by Crippen LogP contribution is 2.23. The van der Waals surface area contributed by atoms with E-state index in [-0.39, 0.29) is 11.8 Å². The monoisotopic (exact) mass is 264 g/mol. The summed E-state index contributed by atoms with van der Waals surface area (Å²) >= 11 is 1.30. The van der Waals surface area contributed by atoms with E-state index in [1.54, 1.807) is 37.8 Å². The lowest BCUT2D eigenvalue weighted by molar-refractivity contribution is 0.0964. The molecule has 2 N–H and O–H groups in total. The Morgan fingerprint density at radius 1 is 1.33 bits per heavy atom. The topological polar surface area (TPSA) is 76.0 Å². The fourth-order valence-electron chi connectivity index (χ4n) is 1.48. The van der Waals surface area contributed by atoms with Crippen LogP contribution in [0.3, 0.4) is 0 Å². The Labute approximate surface area is 108 Å². The number of amides is 2. The average Bonchev–Trinajstić information content (AvgIpc) is 2.97. The molecule has 7 heteroatoms. The lowest BCUT2D eigenvalue weighted by atomic mass is 10.3. The van der Waals surface area contributed by atoms with Gasteiger partial charge < -0.3 is 10.6 Å². The zero-order valence-electron chi connectivity index (χ0n) is 9.93. The Morgan fingerprint density at radius 2 is 2.11 bits per heavy atom. The van der Waals surface area contributed by atoms with Gasteiger partial charge in [0.1, 0.15) is 10.7 Å². The summed E-state index contributed by atoms with van der Waals surface area (Å²) in [5.41, 5.74) is 0.893. The van der Waals surface area contributed by atoms with Gasteiger partial charge in [-0.1, -0.05) is 0 Å². The SMILES string of the molecule is CNC(=O)c1ccsc1NC(=O)c1ccnn1C. The van der Waals surface area contributed by atoms with E-state index in [1.807, 2.05) is 0 Å². The third-order valence-electron chi connectivity index (χ3n) is 2.42. The summed E-state index contributed by atoms with van der Waals surface area (Å²) in [5, 5.41) is 11.4. The normalized spacial score (nSPS) is 10.1. The first-order valence-electron chi connectivity index (χ1n) is 5.22. The number of hydrogen-bond donors (Lipinski definition) is 2. The highest BCUT2D eigenvalue weighted by molar-refractivity contribution is 7.14. The minimum absolute atomic E-state index is 0.225. The van der Waals surface area contributed by atoms with Crippen molar-refractivity contribution in [2.24, 2.45) is 7.05 Å². The molecule has 0 atom stereocenters. The van der Waals surface area contributed by atoms with E-state index in [9.17, 15) is 9.59 Å². The van der Waals surface area contributed by atoms with E-state index < -0.39 is 0 Å². The summed E-state index contributed by atoms with van der Waals surface area (Å²) < 4.78 is 1.47. The van der Waals surface area contributed by atoms with Gasteiger partial charge in [0.05, 0.1) is 5.56 Å². The zero-order chi connectivity index (χ0) is 13.1. The summed E-state index contributed by atoms with van der Waals surface area (Å²) in [4.78, 5) is 23.5. The van der Waals surface area contributed by atoms with E-state index in [0.717, 1.165) is 0 Å². The van der Waals surface area contributed by atoms with Crippen LogP contribution in [-0.2, 0) is 7.05 Å². The van der Waals surface area contributed by atoms with E-state index in [2.05, 4.69) is 15.7 Å². The Balaban J connectivity index is 2.20. The number of thiophene rings is 1. The number of aryl methyl sites for hydroxylation is 1. The molecule has 0 aliphatic heterocycles. The molecule has 2 aromatic rings. The molecule has 2 aromatic heterocycles. The number of hydrogen-bond acceptors (Lipinski definition) is 4. The molecule has 0 saturated heterocycles. The molecule has 0 aliphatic rings. The van der Waals surface area contributed by atoms with Crippen molar-refractivity contribution in [2.75, 3.05) is 12.4 Å². The van der Waals surface area contributed by atoms with Crippen LogP contribution >= 0.6 is 11.3 Å². The van der Waals surface area contributed by atoms with Crippen molar-refractivity contribution in [3.05, 3.63) is 35.0 Å². The smallest absolute Gasteiger partial charge is 0.274 e. The fraction of sp³-hybridized carbons (Fsp3) is 0.182. The fourth-order valence-corrected chi connectivity index (χ4v) is 2.26. The molecular weight excluding hydrogens is 252 g/mol. The second kappa shape index (κ2) is 5.01. The molecule has 2 heterocycles. The quantitative estimate of drug-likeness (QED) is 0.871. The summed E-state index contributed by atoms with van der Waals surface area (Å²) in [6.45, 7) is 0. The van der Waals surface area contributed by atoms with Crippen molar-refractivity contribution in [3.63, 3.8) is 0 Å². The number of rotatable bonds is 3. The standard InChI is InChI=1S/C11H12N4O2S/c1-12-9(16)7-4-6-18-11(7)14-10(17)8-3-5-13-15(8)2/h3-6H,1-2H3,(H,12,16)(H,14,17). The summed E-state index contributed by atoms with van der Waals surface area (Å²) in [7, 11) is 3.23. The van der Waals surface area contributed by atoms with E-state index in [0.29, 0.717) is 16.3 Å². The van der Waals surface area contributed by atoms with Crippen molar-refractivity contribution in [2.45, 2.75) is 0 Å². The predicted octanol–water partition coefficient (Wildman–Crippen LogP) is 1.09. The molecule has 0 aromatic carbocycles. The molecule has 94 valence electrons. The lowest BCUT2D eigenvalue weighted by Crippen LogP contribution is -2.21. The molecule has 0 spiro atoms. The second-order valence-corrected chi connectivity index (χ2v) is 4.45. The molecule has 2 rings (SSSR count). The second-order valence-electron chi connectivity index (χ2n) is 3.54. The van der Waals surface area contributed by atoms with Gasteiger partial charge in [-0.2, -0.15) is 5.10 Å². The molecule has 6 nitrogen and oxygen atoms in total. The van der Waals surface area contributed by atoms with Crippen LogP contribution in [0.4, 0.5) is 5.00 Å². The van der Waals surface area contributed by atoms with Crippen molar-refractivity contribution < 1.29 is 9.59 Å². The van der Waals surface area contributed by atoms with Gasteiger partial charge in [-0.3, -0.25) is 14.3 Å². The predicted molar refractivity (Wildman–Crippen MR) is 68.9 cm³/mol. The molecule has 0 fully saturated rings. The Kier molecular flexibility index (Phi) is 3.42. The molecule has 2 amide bonds. The van der Waals surface area contributed by atoms with E-state index in [1.165, 1.54) is 16.0 Å². The van der Waals surface area contributed by atoms with Gasteiger partial charge in [-0.15, -0.1) is 11.3 Å². The number of anilines is 1. The lowest BCUT2D eigenvalue weighted by Gasteiger charge is -2.05.